The molecule has 0 aromatic carbocycles. The Morgan fingerprint density at radius 1 is 1.05 bits per heavy atom. The zero-order valence-electron chi connectivity index (χ0n) is 12.1. The van der Waals surface area contributed by atoms with Crippen LogP contribution in [0.25, 0.3) is 0 Å². The topological polar surface area (TPSA) is 53.6 Å². The Balaban J connectivity index is 1.55. The zero-order valence-corrected chi connectivity index (χ0v) is 12.1. The minimum absolute atomic E-state index is 0.485. The average molecular weight is 264 g/mol. The van der Waals surface area contributed by atoms with Gasteiger partial charge in [0.05, 0.1) is 6.04 Å². The van der Waals surface area contributed by atoms with Crippen LogP contribution in [-0.2, 0) is 0 Å². The molecule has 2 heterocycles. The van der Waals surface area contributed by atoms with Crippen molar-refractivity contribution in [3.8, 4) is 0 Å². The second-order valence-electron chi connectivity index (χ2n) is 6.67. The van der Waals surface area contributed by atoms with E-state index in [-0.39, 0.29) is 0 Å². The van der Waals surface area contributed by atoms with Gasteiger partial charge in [-0.3, -0.25) is 4.99 Å². The number of aliphatic imine (C=N–C) groups is 1. The van der Waals surface area contributed by atoms with Gasteiger partial charge >= 0.3 is 0 Å². The highest BCUT2D eigenvalue weighted by atomic mass is 15.2. The Labute approximate surface area is 116 Å². The van der Waals surface area contributed by atoms with Crippen molar-refractivity contribution >= 4 is 5.96 Å². The van der Waals surface area contributed by atoms with Crippen molar-refractivity contribution < 1.29 is 0 Å². The summed E-state index contributed by atoms with van der Waals surface area (Å²) in [6, 6.07) is 2.53. The molecule has 0 spiro atoms. The van der Waals surface area contributed by atoms with Gasteiger partial charge in [-0.05, 0) is 45.6 Å². The van der Waals surface area contributed by atoms with Gasteiger partial charge in [-0.15, -0.1) is 0 Å². The molecule has 4 nitrogen and oxygen atoms in total. The number of guanidine groups is 1. The summed E-state index contributed by atoms with van der Waals surface area (Å²) in [7, 11) is 2.29. The molecule has 2 saturated heterocycles. The van der Waals surface area contributed by atoms with Crippen LogP contribution < -0.4 is 11.1 Å². The SMILES string of the molecule is CN1C2CCCC1CC(NC(N)=NC1CCCC1)C2. The lowest BCUT2D eigenvalue weighted by Gasteiger charge is -2.47. The molecule has 2 aliphatic heterocycles. The third-order valence-electron chi connectivity index (χ3n) is 5.34. The first-order chi connectivity index (χ1) is 9.22. The van der Waals surface area contributed by atoms with Gasteiger partial charge in [0.25, 0.3) is 0 Å². The van der Waals surface area contributed by atoms with Crippen molar-refractivity contribution in [1.29, 1.82) is 0 Å². The lowest BCUT2D eigenvalue weighted by atomic mass is 9.82. The number of nitrogens with zero attached hydrogens (tertiary/aromatic N) is 2. The van der Waals surface area contributed by atoms with E-state index >= 15 is 0 Å². The van der Waals surface area contributed by atoms with E-state index < -0.39 is 0 Å². The van der Waals surface area contributed by atoms with Crippen LogP contribution in [0.1, 0.15) is 57.8 Å². The van der Waals surface area contributed by atoms with Gasteiger partial charge in [0.15, 0.2) is 5.96 Å². The maximum absolute atomic E-state index is 6.09. The summed E-state index contributed by atoms with van der Waals surface area (Å²) >= 11 is 0. The Morgan fingerprint density at radius 2 is 1.68 bits per heavy atom. The molecular weight excluding hydrogens is 236 g/mol. The molecule has 108 valence electrons. The van der Waals surface area contributed by atoms with E-state index in [0.29, 0.717) is 18.0 Å². The number of hydrogen-bond acceptors (Lipinski definition) is 2. The van der Waals surface area contributed by atoms with Crippen molar-refractivity contribution in [1.82, 2.24) is 10.2 Å². The lowest BCUT2D eigenvalue weighted by Crippen LogP contribution is -2.56. The smallest absolute Gasteiger partial charge is 0.189 e. The second-order valence-corrected chi connectivity index (χ2v) is 6.67. The van der Waals surface area contributed by atoms with Crippen LogP contribution in [-0.4, -0.2) is 42.1 Å². The first-order valence-corrected chi connectivity index (χ1v) is 8.04. The van der Waals surface area contributed by atoms with Crippen molar-refractivity contribution in [2.45, 2.75) is 82.0 Å². The van der Waals surface area contributed by atoms with Gasteiger partial charge < -0.3 is 16.0 Å². The van der Waals surface area contributed by atoms with Gasteiger partial charge in [-0.25, -0.2) is 0 Å². The summed E-state index contributed by atoms with van der Waals surface area (Å²) in [6.07, 6.45) is 11.7. The standard InChI is InChI=1S/C15H28N4/c1-19-13-7-4-8-14(19)10-12(9-13)18-15(16)17-11-5-2-3-6-11/h11-14H,2-10H2,1H3,(H3,16,17,18). The number of nitrogens with two attached hydrogens (primary N) is 1. The summed E-state index contributed by atoms with van der Waals surface area (Å²) in [5.41, 5.74) is 6.09. The summed E-state index contributed by atoms with van der Waals surface area (Å²) in [4.78, 5) is 7.24. The molecule has 3 rings (SSSR count). The maximum atomic E-state index is 6.09. The molecular formula is C15H28N4. The summed E-state index contributed by atoms with van der Waals surface area (Å²) in [6.45, 7) is 0. The number of fused-ring (bicyclic) bond motifs is 2. The molecule has 1 saturated carbocycles. The molecule has 3 fully saturated rings. The molecule has 4 heteroatoms. The van der Waals surface area contributed by atoms with Crippen molar-refractivity contribution in [2.24, 2.45) is 10.7 Å². The molecule has 1 aliphatic carbocycles. The van der Waals surface area contributed by atoms with Crippen LogP contribution in [0.4, 0.5) is 0 Å². The average Bonchev–Trinajstić information content (AvgIpc) is 2.83. The summed E-state index contributed by atoms with van der Waals surface area (Å²) < 4.78 is 0. The lowest BCUT2D eigenvalue weighted by molar-refractivity contribution is 0.0527. The Kier molecular flexibility index (Phi) is 3.96. The monoisotopic (exact) mass is 264 g/mol. The highest BCUT2D eigenvalue weighted by Gasteiger charge is 2.36. The van der Waals surface area contributed by atoms with Gasteiger partial charge in [0.1, 0.15) is 0 Å². The Hall–Kier alpha value is -0.770. The van der Waals surface area contributed by atoms with E-state index in [2.05, 4.69) is 22.3 Å². The Bertz CT molecular complexity index is 321. The van der Waals surface area contributed by atoms with Crippen LogP contribution in [0.15, 0.2) is 4.99 Å². The molecule has 3 N–H and O–H groups in total. The highest BCUT2D eigenvalue weighted by molar-refractivity contribution is 5.78. The van der Waals surface area contributed by atoms with Crippen molar-refractivity contribution in [3.05, 3.63) is 0 Å². The predicted octanol–water partition coefficient (Wildman–Crippen LogP) is 1.85. The summed E-state index contributed by atoms with van der Waals surface area (Å²) in [5.74, 6) is 0.694. The quantitative estimate of drug-likeness (QED) is 0.591. The molecule has 19 heavy (non-hydrogen) atoms. The van der Waals surface area contributed by atoms with Gasteiger partial charge in [-0.1, -0.05) is 19.3 Å². The van der Waals surface area contributed by atoms with Gasteiger partial charge in [0, 0.05) is 18.1 Å². The Morgan fingerprint density at radius 3 is 2.32 bits per heavy atom. The van der Waals surface area contributed by atoms with Crippen LogP contribution in [0.3, 0.4) is 0 Å². The predicted molar refractivity (Wildman–Crippen MR) is 79.2 cm³/mol. The van der Waals surface area contributed by atoms with Crippen molar-refractivity contribution in [3.63, 3.8) is 0 Å². The van der Waals surface area contributed by atoms with E-state index in [1.165, 1.54) is 57.8 Å². The van der Waals surface area contributed by atoms with E-state index in [0.717, 1.165) is 12.1 Å². The molecule has 2 bridgehead atoms. The second kappa shape index (κ2) is 5.70. The number of hydrogen-bond donors (Lipinski definition) is 2. The third-order valence-corrected chi connectivity index (χ3v) is 5.34. The fourth-order valence-corrected chi connectivity index (χ4v) is 4.21. The van der Waals surface area contributed by atoms with Gasteiger partial charge in [-0.2, -0.15) is 0 Å². The van der Waals surface area contributed by atoms with E-state index in [4.69, 9.17) is 5.73 Å². The number of nitrogens with one attached hydrogen (secondary N) is 1. The van der Waals surface area contributed by atoms with Crippen LogP contribution in [0.2, 0.25) is 0 Å². The van der Waals surface area contributed by atoms with Crippen LogP contribution in [0.5, 0.6) is 0 Å². The van der Waals surface area contributed by atoms with Gasteiger partial charge in [0.2, 0.25) is 0 Å². The number of rotatable bonds is 2. The third kappa shape index (κ3) is 3.04. The molecule has 0 amide bonds. The van der Waals surface area contributed by atoms with E-state index in [1.54, 1.807) is 0 Å². The maximum Gasteiger partial charge on any atom is 0.189 e. The zero-order chi connectivity index (χ0) is 13.2. The van der Waals surface area contributed by atoms with Crippen molar-refractivity contribution in [2.75, 3.05) is 7.05 Å². The molecule has 2 unspecified atom stereocenters. The minimum atomic E-state index is 0.485. The van der Waals surface area contributed by atoms with E-state index in [9.17, 15) is 0 Å². The molecule has 2 atom stereocenters. The minimum Gasteiger partial charge on any atom is -0.370 e. The fraction of sp³-hybridized carbons (Fsp3) is 0.933. The molecule has 3 aliphatic rings. The summed E-state index contributed by atoms with van der Waals surface area (Å²) in [5, 5.41) is 3.50. The molecule has 0 aromatic rings. The first-order valence-electron chi connectivity index (χ1n) is 8.04. The molecule has 0 aromatic heterocycles. The fourth-order valence-electron chi connectivity index (χ4n) is 4.21. The highest BCUT2D eigenvalue weighted by Crippen LogP contribution is 2.32. The molecule has 0 radical (unpaired) electrons. The number of piperidine rings is 2. The van der Waals surface area contributed by atoms with Crippen LogP contribution in [0, 0.1) is 0 Å². The normalized spacial score (nSPS) is 37.5. The first kappa shape index (κ1) is 13.2. The van der Waals surface area contributed by atoms with E-state index in [1.807, 2.05) is 0 Å². The van der Waals surface area contributed by atoms with Crippen LogP contribution >= 0.6 is 0 Å². The largest absolute Gasteiger partial charge is 0.370 e.